The van der Waals surface area contributed by atoms with Gasteiger partial charge in [0, 0.05) is 17.3 Å². The number of ether oxygens (including phenoxy) is 2. The molecule has 0 amide bonds. The third-order valence-electron chi connectivity index (χ3n) is 3.62. The van der Waals surface area contributed by atoms with Crippen LogP contribution < -0.4 is 14.2 Å². The summed E-state index contributed by atoms with van der Waals surface area (Å²) in [4.78, 5) is 9.42. The minimum atomic E-state index is 0.281. The quantitative estimate of drug-likeness (QED) is 0.323. The average Bonchev–Trinajstić information content (AvgIpc) is 3.20. The molecule has 29 heavy (non-hydrogen) atoms. The molecule has 1 aromatic carbocycles. The van der Waals surface area contributed by atoms with Crippen LogP contribution in [0.5, 0.6) is 10.8 Å². The highest BCUT2D eigenvalue weighted by Crippen LogP contribution is 2.38. The molecule has 0 atom stereocenters. The number of thiophene rings is 1. The molecule has 1 N–H and O–H groups in total. The largest absolute Gasteiger partial charge is 0.489 e. The van der Waals surface area contributed by atoms with Crippen molar-refractivity contribution in [3.8, 4) is 27.3 Å². The van der Waals surface area contributed by atoms with Gasteiger partial charge in [-0.15, -0.1) is 11.6 Å². The van der Waals surface area contributed by atoms with E-state index in [1.165, 1.54) is 23.3 Å². The Morgan fingerprint density at radius 1 is 1.28 bits per heavy atom. The van der Waals surface area contributed by atoms with Crippen molar-refractivity contribution in [2.24, 2.45) is 0 Å². The molecular formula is C19H16Cl2N4O2S2. The molecule has 0 saturated carbocycles. The zero-order valence-corrected chi connectivity index (χ0v) is 18.5. The van der Waals surface area contributed by atoms with Gasteiger partial charge < -0.3 is 9.47 Å². The first-order valence-corrected chi connectivity index (χ1v) is 11.4. The Morgan fingerprint density at radius 2 is 2.14 bits per heavy atom. The Hall–Kier alpha value is -2.18. The van der Waals surface area contributed by atoms with Gasteiger partial charge >= 0.3 is 0 Å². The summed E-state index contributed by atoms with van der Waals surface area (Å²) in [5.74, 6) is 1.21. The van der Waals surface area contributed by atoms with Crippen LogP contribution in [0.2, 0.25) is 5.02 Å². The van der Waals surface area contributed by atoms with Crippen molar-refractivity contribution in [2.45, 2.75) is 6.61 Å². The smallest absolute Gasteiger partial charge is 0.233 e. The summed E-state index contributed by atoms with van der Waals surface area (Å²) >= 11 is 14.9. The van der Waals surface area contributed by atoms with Gasteiger partial charge in [-0.2, -0.15) is 5.26 Å². The van der Waals surface area contributed by atoms with E-state index < -0.39 is 0 Å². The van der Waals surface area contributed by atoms with Crippen molar-refractivity contribution in [2.75, 3.05) is 23.5 Å². The summed E-state index contributed by atoms with van der Waals surface area (Å²) in [5, 5.41) is 10.5. The molecule has 0 radical (unpaired) electrons. The lowest BCUT2D eigenvalue weighted by Crippen LogP contribution is -2.01. The molecule has 0 bridgehead atoms. The van der Waals surface area contributed by atoms with Crippen molar-refractivity contribution >= 4 is 52.4 Å². The van der Waals surface area contributed by atoms with Crippen molar-refractivity contribution in [1.29, 1.82) is 5.26 Å². The van der Waals surface area contributed by atoms with E-state index in [9.17, 15) is 5.26 Å². The molecule has 150 valence electrons. The van der Waals surface area contributed by atoms with Crippen molar-refractivity contribution < 1.29 is 9.47 Å². The van der Waals surface area contributed by atoms with Gasteiger partial charge in [-0.05, 0) is 35.9 Å². The topological polar surface area (TPSA) is 80.1 Å². The highest BCUT2D eigenvalue weighted by Gasteiger charge is 2.14. The monoisotopic (exact) mass is 466 g/mol. The van der Waals surface area contributed by atoms with E-state index in [0.29, 0.717) is 34.8 Å². The van der Waals surface area contributed by atoms with Crippen LogP contribution in [0.15, 0.2) is 36.5 Å². The molecular weight excluding hydrogens is 451 g/mol. The van der Waals surface area contributed by atoms with Crippen LogP contribution in [-0.4, -0.2) is 28.7 Å². The van der Waals surface area contributed by atoms with E-state index in [0.717, 1.165) is 21.2 Å². The Balaban J connectivity index is 1.73. The van der Waals surface area contributed by atoms with Gasteiger partial charge in [-0.1, -0.05) is 34.9 Å². The van der Waals surface area contributed by atoms with E-state index in [1.54, 1.807) is 24.4 Å². The molecule has 0 fully saturated rings. The fourth-order valence-electron chi connectivity index (χ4n) is 2.42. The fraction of sp³-hybridized carbons (Fsp3) is 0.211. The first-order chi connectivity index (χ1) is 14.1. The van der Waals surface area contributed by atoms with Crippen LogP contribution in [0.3, 0.4) is 0 Å². The molecule has 0 spiro atoms. The van der Waals surface area contributed by atoms with E-state index in [-0.39, 0.29) is 6.61 Å². The summed E-state index contributed by atoms with van der Waals surface area (Å²) in [6.07, 6.45) is 3.59. The van der Waals surface area contributed by atoms with Gasteiger partial charge in [0.1, 0.15) is 19.3 Å². The highest BCUT2D eigenvalue weighted by molar-refractivity contribution is 7.99. The van der Waals surface area contributed by atoms with Gasteiger partial charge in [-0.3, -0.25) is 4.72 Å². The Kier molecular flexibility index (Phi) is 7.83. The Bertz CT molecular complexity index is 1020. The Morgan fingerprint density at radius 3 is 2.90 bits per heavy atom. The SMILES string of the molecule is CSNc1nccc(COc2ccc(-c3cc(Cl)c(OCCCl)c(C#N)c3)s2)n1. The second kappa shape index (κ2) is 10.6. The molecule has 3 aromatic rings. The number of alkyl halides is 1. The molecule has 2 heterocycles. The third-order valence-corrected chi connectivity index (χ3v) is 5.49. The van der Waals surface area contributed by atoms with E-state index in [2.05, 4.69) is 20.8 Å². The number of hydrogen-bond acceptors (Lipinski definition) is 8. The molecule has 2 aromatic heterocycles. The van der Waals surface area contributed by atoms with Gasteiger partial charge in [0.05, 0.1) is 22.2 Å². The van der Waals surface area contributed by atoms with Crippen molar-refractivity contribution in [1.82, 2.24) is 9.97 Å². The second-order valence-electron chi connectivity index (χ2n) is 5.57. The predicted octanol–water partition coefficient (Wildman–Crippen LogP) is 5.62. The first kappa shape index (κ1) is 21.5. The van der Waals surface area contributed by atoms with Gasteiger partial charge in [-0.25, -0.2) is 9.97 Å². The number of nitriles is 1. The summed E-state index contributed by atoms with van der Waals surface area (Å²) in [6, 6.07) is 11.2. The summed E-state index contributed by atoms with van der Waals surface area (Å²) in [5.41, 5.74) is 1.95. The number of nitrogens with one attached hydrogen (secondary N) is 1. The maximum absolute atomic E-state index is 9.43. The minimum absolute atomic E-state index is 0.281. The Labute approximate surface area is 186 Å². The number of anilines is 1. The molecule has 0 aliphatic carbocycles. The number of halogens is 2. The molecule has 0 aliphatic rings. The lowest BCUT2D eigenvalue weighted by atomic mass is 10.1. The average molecular weight is 467 g/mol. The number of rotatable bonds is 9. The number of aromatic nitrogens is 2. The minimum Gasteiger partial charge on any atom is -0.489 e. The van der Waals surface area contributed by atoms with Gasteiger partial charge in [0.15, 0.2) is 10.8 Å². The molecule has 0 aliphatic heterocycles. The highest BCUT2D eigenvalue weighted by atomic mass is 35.5. The van der Waals surface area contributed by atoms with E-state index in [4.69, 9.17) is 32.7 Å². The van der Waals surface area contributed by atoms with Crippen LogP contribution >= 0.6 is 46.5 Å². The zero-order valence-electron chi connectivity index (χ0n) is 15.3. The molecule has 3 rings (SSSR count). The number of benzene rings is 1. The van der Waals surface area contributed by atoms with E-state index in [1.807, 2.05) is 18.4 Å². The summed E-state index contributed by atoms with van der Waals surface area (Å²) < 4.78 is 14.3. The predicted molar refractivity (Wildman–Crippen MR) is 119 cm³/mol. The number of hydrogen-bond donors (Lipinski definition) is 1. The van der Waals surface area contributed by atoms with Gasteiger partial charge in [0.2, 0.25) is 5.95 Å². The maximum atomic E-state index is 9.43. The number of nitrogens with zero attached hydrogens (tertiary/aromatic N) is 3. The molecule has 0 saturated heterocycles. The van der Waals surface area contributed by atoms with E-state index >= 15 is 0 Å². The van der Waals surface area contributed by atoms with Crippen LogP contribution in [0.25, 0.3) is 10.4 Å². The molecule has 0 unspecified atom stereocenters. The van der Waals surface area contributed by atoms with Gasteiger partial charge in [0.25, 0.3) is 0 Å². The lowest BCUT2D eigenvalue weighted by molar-refractivity contribution is 0.310. The molecule has 6 nitrogen and oxygen atoms in total. The van der Waals surface area contributed by atoms with Crippen molar-refractivity contribution in [3.05, 3.63) is 52.8 Å². The summed E-state index contributed by atoms with van der Waals surface area (Å²) in [7, 11) is 0. The lowest BCUT2D eigenvalue weighted by Gasteiger charge is -2.10. The maximum Gasteiger partial charge on any atom is 0.233 e. The van der Waals surface area contributed by atoms with Crippen LogP contribution in [0.4, 0.5) is 5.95 Å². The normalized spacial score (nSPS) is 10.4. The van der Waals surface area contributed by atoms with Crippen LogP contribution in [0, 0.1) is 11.3 Å². The van der Waals surface area contributed by atoms with Crippen LogP contribution in [0.1, 0.15) is 11.3 Å². The second-order valence-corrected chi connectivity index (χ2v) is 8.01. The third kappa shape index (κ3) is 5.67. The van der Waals surface area contributed by atoms with Crippen molar-refractivity contribution in [3.63, 3.8) is 0 Å². The standard InChI is InChI=1S/C19H16Cl2N4O2S2/c1-28-25-19-23-6-4-14(24-19)11-27-17-3-2-16(29-17)12-8-13(10-22)18(15(21)9-12)26-7-5-20/h2-4,6,8-9H,5,7,11H2,1H3,(H,23,24,25). The first-order valence-electron chi connectivity index (χ1n) is 8.41. The summed E-state index contributed by atoms with van der Waals surface area (Å²) in [6.45, 7) is 0.602. The fourth-order valence-corrected chi connectivity index (χ4v) is 3.90. The van der Waals surface area contributed by atoms with Crippen LogP contribution in [-0.2, 0) is 6.61 Å². The molecule has 10 heteroatoms. The zero-order chi connectivity index (χ0) is 20.6.